The minimum absolute atomic E-state index is 0.225. The molecule has 0 saturated carbocycles. The van der Waals surface area contributed by atoms with Crippen molar-refractivity contribution in [3.63, 3.8) is 0 Å². The van der Waals surface area contributed by atoms with Gasteiger partial charge in [0.05, 0.1) is 13.2 Å². The van der Waals surface area contributed by atoms with E-state index in [0.29, 0.717) is 31.1 Å². The second kappa shape index (κ2) is 10.2. The van der Waals surface area contributed by atoms with Crippen LogP contribution >= 0.6 is 0 Å². The summed E-state index contributed by atoms with van der Waals surface area (Å²) in [5, 5.41) is 4.89. The Morgan fingerprint density at radius 2 is 1.70 bits per heavy atom. The molecule has 0 fully saturated rings. The Morgan fingerprint density at radius 3 is 2.41 bits per heavy atom. The van der Waals surface area contributed by atoms with Gasteiger partial charge in [-0.05, 0) is 56.2 Å². The standard InChI is InChI=1S/C20H23FN2O4/c1-3-26-17-9-8-14(12-18(17)27-4-2)10-11-22-19(24)20(25)23-16-7-5-6-15(21)13-16/h5-9,12-13H,3-4,10-11H2,1-2H3,(H,22,24)(H,23,25). The number of halogens is 1. The molecule has 0 bridgehead atoms. The maximum Gasteiger partial charge on any atom is 0.313 e. The molecule has 2 aromatic rings. The van der Waals surface area contributed by atoms with Gasteiger partial charge in [0, 0.05) is 12.2 Å². The second-order valence-corrected chi connectivity index (χ2v) is 5.62. The molecule has 0 unspecified atom stereocenters. The van der Waals surface area contributed by atoms with Crippen molar-refractivity contribution in [2.45, 2.75) is 20.3 Å². The van der Waals surface area contributed by atoms with Gasteiger partial charge in [-0.25, -0.2) is 4.39 Å². The largest absolute Gasteiger partial charge is 0.490 e. The fourth-order valence-electron chi connectivity index (χ4n) is 2.41. The average molecular weight is 374 g/mol. The summed E-state index contributed by atoms with van der Waals surface area (Å²) in [5.41, 5.74) is 1.16. The van der Waals surface area contributed by atoms with E-state index in [-0.39, 0.29) is 12.2 Å². The van der Waals surface area contributed by atoms with Gasteiger partial charge < -0.3 is 20.1 Å². The molecule has 0 radical (unpaired) electrons. The lowest BCUT2D eigenvalue weighted by atomic mass is 10.1. The summed E-state index contributed by atoms with van der Waals surface area (Å²) in [4.78, 5) is 23.7. The van der Waals surface area contributed by atoms with E-state index in [0.717, 1.165) is 11.6 Å². The van der Waals surface area contributed by atoms with Gasteiger partial charge in [0.25, 0.3) is 0 Å². The zero-order valence-electron chi connectivity index (χ0n) is 15.4. The van der Waals surface area contributed by atoms with Gasteiger partial charge in [-0.15, -0.1) is 0 Å². The maximum absolute atomic E-state index is 13.1. The lowest BCUT2D eigenvalue weighted by Gasteiger charge is -2.12. The highest BCUT2D eigenvalue weighted by molar-refractivity contribution is 6.39. The summed E-state index contributed by atoms with van der Waals surface area (Å²) in [6.45, 7) is 5.11. The molecule has 6 nitrogen and oxygen atoms in total. The van der Waals surface area contributed by atoms with Crippen LogP contribution in [0.5, 0.6) is 11.5 Å². The van der Waals surface area contributed by atoms with Crippen molar-refractivity contribution < 1.29 is 23.5 Å². The number of nitrogens with one attached hydrogen (secondary N) is 2. The van der Waals surface area contributed by atoms with Crippen LogP contribution in [0.3, 0.4) is 0 Å². The number of carbonyl (C=O) groups excluding carboxylic acids is 2. The molecule has 2 rings (SSSR count). The third kappa shape index (κ3) is 6.29. The zero-order chi connectivity index (χ0) is 19.6. The zero-order valence-corrected chi connectivity index (χ0v) is 15.4. The van der Waals surface area contributed by atoms with Crippen LogP contribution in [-0.4, -0.2) is 31.6 Å². The molecule has 2 aromatic carbocycles. The van der Waals surface area contributed by atoms with Gasteiger partial charge in [0.1, 0.15) is 5.82 Å². The SMILES string of the molecule is CCOc1ccc(CCNC(=O)C(=O)Nc2cccc(F)c2)cc1OCC. The fourth-order valence-corrected chi connectivity index (χ4v) is 2.41. The van der Waals surface area contributed by atoms with E-state index < -0.39 is 17.6 Å². The van der Waals surface area contributed by atoms with Crippen molar-refractivity contribution in [2.24, 2.45) is 0 Å². The summed E-state index contributed by atoms with van der Waals surface area (Å²) in [5.74, 6) is -0.806. The van der Waals surface area contributed by atoms with Crippen LogP contribution < -0.4 is 20.1 Å². The molecule has 0 aliphatic carbocycles. The van der Waals surface area contributed by atoms with Gasteiger partial charge in [0.2, 0.25) is 0 Å². The van der Waals surface area contributed by atoms with Gasteiger partial charge in [0.15, 0.2) is 11.5 Å². The van der Waals surface area contributed by atoms with Crippen LogP contribution in [0.15, 0.2) is 42.5 Å². The van der Waals surface area contributed by atoms with E-state index >= 15 is 0 Å². The smallest absolute Gasteiger partial charge is 0.313 e. The monoisotopic (exact) mass is 374 g/mol. The molecule has 0 heterocycles. The Labute approximate surface area is 157 Å². The van der Waals surface area contributed by atoms with Crippen LogP contribution in [0, 0.1) is 5.82 Å². The van der Waals surface area contributed by atoms with Crippen LogP contribution in [0.1, 0.15) is 19.4 Å². The molecule has 0 aliphatic rings. The molecule has 27 heavy (non-hydrogen) atoms. The first kappa shape index (κ1) is 20.2. The minimum Gasteiger partial charge on any atom is -0.490 e. The normalized spacial score (nSPS) is 10.2. The lowest BCUT2D eigenvalue weighted by molar-refractivity contribution is -0.136. The summed E-state index contributed by atoms with van der Waals surface area (Å²) in [6, 6.07) is 10.9. The molecule has 0 saturated heterocycles. The van der Waals surface area contributed by atoms with Crippen molar-refractivity contribution in [2.75, 3.05) is 25.1 Å². The molecule has 144 valence electrons. The van der Waals surface area contributed by atoms with Gasteiger partial charge >= 0.3 is 11.8 Å². The highest BCUT2D eigenvalue weighted by atomic mass is 19.1. The quantitative estimate of drug-likeness (QED) is 0.697. The van der Waals surface area contributed by atoms with Crippen molar-refractivity contribution in [3.8, 4) is 11.5 Å². The maximum atomic E-state index is 13.1. The topological polar surface area (TPSA) is 76.7 Å². The highest BCUT2D eigenvalue weighted by Gasteiger charge is 2.13. The van der Waals surface area contributed by atoms with E-state index in [1.807, 2.05) is 32.0 Å². The number of anilines is 1. The van der Waals surface area contributed by atoms with E-state index in [9.17, 15) is 14.0 Å². The average Bonchev–Trinajstić information content (AvgIpc) is 2.64. The second-order valence-electron chi connectivity index (χ2n) is 5.62. The van der Waals surface area contributed by atoms with Crippen molar-refractivity contribution in [3.05, 3.63) is 53.8 Å². The molecular weight excluding hydrogens is 351 g/mol. The predicted octanol–water partition coefficient (Wildman–Crippen LogP) is 2.92. The van der Waals surface area contributed by atoms with Crippen LogP contribution in [-0.2, 0) is 16.0 Å². The molecule has 0 spiro atoms. The first-order valence-corrected chi connectivity index (χ1v) is 8.76. The number of ether oxygens (including phenoxy) is 2. The van der Waals surface area contributed by atoms with E-state index in [2.05, 4.69) is 10.6 Å². The molecule has 0 atom stereocenters. The van der Waals surface area contributed by atoms with E-state index in [4.69, 9.17) is 9.47 Å². The number of amides is 2. The van der Waals surface area contributed by atoms with E-state index in [1.165, 1.54) is 18.2 Å². The van der Waals surface area contributed by atoms with Crippen LogP contribution in [0.2, 0.25) is 0 Å². The van der Waals surface area contributed by atoms with Gasteiger partial charge in [-0.3, -0.25) is 9.59 Å². The molecule has 2 amide bonds. The highest BCUT2D eigenvalue weighted by Crippen LogP contribution is 2.28. The Morgan fingerprint density at radius 1 is 0.963 bits per heavy atom. The number of rotatable bonds is 8. The molecule has 2 N–H and O–H groups in total. The Bertz CT molecular complexity index is 795. The summed E-state index contributed by atoms with van der Waals surface area (Å²) in [6.07, 6.45) is 0.519. The van der Waals surface area contributed by atoms with Gasteiger partial charge in [-0.1, -0.05) is 12.1 Å². The Hall–Kier alpha value is -3.09. The summed E-state index contributed by atoms with van der Waals surface area (Å²) < 4.78 is 24.2. The molecule has 7 heteroatoms. The Balaban J connectivity index is 1.86. The van der Waals surface area contributed by atoms with E-state index in [1.54, 1.807) is 0 Å². The molecule has 0 aliphatic heterocycles. The number of benzene rings is 2. The van der Waals surface area contributed by atoms with Gasteiger partial charge in [-0.2, -0.15) is 0 Å². The summed E-state index contributed by atoms with van der Waals surface area (Å²) in [7, 11) is 0. The Kier molecular flexibility index (Phi) is 7.61. The molecular formula is C20H23FN2O4. The fraction of sp³-hybridized carbons (Fsp3) is 0.300. The summed E-state index contributed by atoms with van der Waals surface area (Å²) >= 11 is 0. The van der Waals surface area contributed by atoms with Crippen LogP contribution in [0.4, 0.5) is 10.1 Å². The van der Waals surface area contributed by atoms with Crippen molar-refractivity contribution >= 4 is 17.5 Å². The first-order valence-electron chi connectivity index (χ1n) is 8.76. The third-order valence-electron chi connectivity index (χ3n) is 3.60. The number of carbonyl (C=O) groups is 2. The van der Waals surface area contributed by atoms with Crippen LogP contribution in [0.25, 0.3) is 0 Å². The lowest BCUT2D eigenvalue weighted by Crippen LogP contribution is -2.36. The first-order chi connectivity index (χ1) is 13.0. The predicted molar refractivity (Wildman–Crippen MR) is 101 cm³/mol. The van der Waals surface area contributed by atoms with Crippen molar-refractivity contribution in [1.82, 2.24) is 5.32 Å². The third-order valence-corrected chi connectivity index (χ3v) is 3.60. The number of hydrogen-bond donors (Lipinski definition) is 2. The van der Waals surface area contributed by atoms with Crippen molar-refractivity contribution in [1.29, 1.82) is 0 Å². The minimum atomic E-state index is -0.845. The molecule has 0 aromatic heterocycles. The number of hydrogen-bond acceptors (Lipinski definition) is 4.